The standard InChI is InChI=1S/C29H34BrN3O4S/c1-4-16-31-29(35)27(19-23-11-6-5-7-12-23)32(20-24-13-9-14-25(30)18-24)28(34)21-33(38(3,36)37)26-15-8-10-22(2)17-26/h5-15,17-18,27H,4,16,19-21H2,1-3H3,(H,31,35)/t27-/m0/s1. The fraction of sp³-hybridized carbons (Fsp3) is 0.310. The van der Waals surface area contributed by atoms with Crippen molar-refractivity contribution < 1.29 is 18.0 Å². The maximum atomic E-state index is 14.0. The number of amides is 2. The van der Waals surface area contributed by atoms with Crippen LogP contribution in [0.2, 0.25) is 0 Å². The first-order chi connectivity index (χ1) is 18.1. The van der Waals surface area contributed by atoms with Crippen molar-refractivity contribution in [2.45, 2.75) is 39.3 Å². The first-order valence-electron chi connectivity index (χ1n) is 12.5. The molecule has 0 unspecified atom stereocenters. The van der Waals surface area contributed by atoms with Gasteiger partial charge < -0.3 is 10.2 Å². The molecule has 0 aliphatic heterocycles. The molecule has 7 nitrogen and oxygen atoms in total. The van der Waals surface area contributed by atoms with Crippen LogP contribution in [0.15, 0.2) is 83.3 Å². The lowest BCUT2D eigenvalue weighted by atomic mass is 10.0. The van der Waals surface area contributed by atoms with Crippen molar-refractivity contribution >= 4 is 43.5 Å². The van der Waals surface area contributed by atoms with E-state index in [-0.39, 0.29) is 12.5 Å². The lowest BCUT2D eigenvalue weighted by Crippen LogP contribution is -2.53. The molecule has 0 saturated heterocycles. The molecule has 1 N–H and O–H groups in total. The van der Waals surface area contributed by atoms with Crippen LogP contribution in [0.25, 0.3) is 0 Å². The molecular formula is C29H34BrN3O4S. The minimum absolute atomic E-state index is 0.140. The van der Waals surface area contributed by atoms with Gasteiger partial charge in [0, 0.05) is 24.0 Å². The lowest BCUT2D eigenvalue weighted by molar-refractivity contribution is -0.140. The molecule has 0 aliphatic carbocycles. The van der Waals surface area contributed by atoms with Crippen LogP contribution in [-0.2, 0) is 32.6 Å². The van der Waals surface area contributed by atoms with Crippen molar-refractivity contribution in [3.05, 3.63) is 100 Å². The summed E-state index contributed by atoms with van der Waals surface area (Å²) in [6, 6.07) is 23.2. The molecular weight excluding hydrogens is 566 g/mol. The predicted octanol–water partition coefficient (Wildman–Crippen LogP) is 4.69. The number of aryl methyl sites for hydroxylation is 1. The van der Waals surface area contributed by atoms with E-state index in [1.165, 1.54) is 4.90 Å². The predicted molar refractivity (Wildman–Crippen MR) is 155 cm³/mol. The van der Waals surface area contributed by atoms with Gasteiger partial charge in [-0.2, -0.15) is 0 Å². The van der Waals surface area contributed by atoms with E-state index in [4.69, 9.17) is 0 Å². The maximum Gasteiger partial charge on any atom is 0.244 e. The Morgan fingerprint density at radius 1 is 0.947 bits per heavy atom. The quantitative estimate of drug-likeness (QED) is 0.327. The molecule has 2 amide bonds. The van der Waals surface area contributed by atoms with Gasteiger partial charge in [-0.05, 0) is 54.3 Å². The van der Waals surface area contributed by atoms with Gasteiger partial charge in [0.05, 0.1) is 11.9 Å². The minimum atomic E-state index is -3.78. The lowest BCUT2D eigenvalue weighted by Gasteiger charge is -2.33. The zero-order valence-electron chi connectivity index (χ0n) is 21.9. The number of hydrogen-bond acceptors (Lipinski definition) is 4. The molecule has 0 spiro atoms. The first kappa shape index (κ1) is 29.4. The molecule has 0 saturated carbocycles. The maximum absolute atomic E-state index is 14.0. The van der Waals surface area contributed by atoms with Crippen LogP contribution in [-0.4, -0.2) is 50.5 Å². The summed E-state index contributed by atoms with van der Waals surface area (Å²) >= 11 is 3.48. The number of hydrogen-bond donors (Lipinski definition) is 1. The molecule has 0 radical (unpaired) electrons. The fourth-order valence-electron chi connectivity index (χ4n) is 4.15. The van der Waals surface area contributed by atoms with Crippen LogP contribution in [0.4, 0.5) is 5.69 Å². The highest BCUT2D eigenvalue weighted by atomic mass is 79.9. The van der Waals surface area contributed by atoms with E-state index in [9.17, 15) is 18.0 Å². The Labute approximate surface area is 234 Å². The summed E-state index contributed by atoms with van der Waals surface area (Å²) in [5.74, 6) is -0.745. The van der Waals surface area contributed by atoms with E-state index >= 15 is 0 Å². The highest BCUT2D eigenvalue weighted by Gasteiger charge is 2.33. The Morgan fingerprint density at radius 3 is 2.26 bits per heavy atom. The second kappa shape index (κ2) is 13.6. The second-order valence-electron chi connectivity index (χ2n) is 9.26. The van der Waals surface area contributed by atoms with E-state index in [0.717, 1.165) is 38.1 Å². The van der Waals surface area contributed by atoms with Gasteiger partial charge in [0.15, 0.2) is 0 Å². The van der Waals surface area contributed by atoms with Gasteiger partial charge in [-0.1, -0.05) is 77.5 Å². The summed E-state index contributed by atoms with van der Waals surface area (Å²) in [6.07, 6.45) is 2.12. The van der Waals surface area contributed by atoms with E-state index in [1.54, 1.807) is 18.2 Å². The van der Waals surface area contributed by atoms with Gasteiger partial charge in [-0.25, -0.2) is 8.42 Å². The molecule has 0 aromatic heterocycles. The number of halogens is 1. The number of nitrogens with zero attached hydrogens (tertiary/aromatic N) is 2. The average Bonchev–Trinajstić information content (AvgIpc) is 2.87. The third-order valence-electron chi connectivity index (χ3n) is 6.03. The number of rotatable bonds is 12. The summed E-state index contributed by atoms with van der Waals surface area (Å²) in [5.41, 5.74) is 2.99. The summed E-state index contributed by atoms with van der Waals surface area (Å²) in [7, 11) is -3.78. The molecule has 3 aromatic carbocycles. The van der Waals surface area contributed by atoms with Gasteiger partial charge in [0.2, 0.25) is 21.8 Å². The van der Waals surface area contributed by atoms with Crippen LogP contribution in [0.5, 0.6) is 0 Å². The molecule has 9 heteroatoms. The van der Waals surface area contributed by atoms with Crippen LogP contribution in [0.3, 0.4) is 0 Å². The van der Waals surface area contributed by atoms with Crippen molar-refractivity contribution in [1.29, 1.82) is 0 Å². The number of carbonyl (C=O) groups excluding carboxylic acids is 2. The Bertz CT molecular complexity index is 1350. The molecule has 0 aliphatic rings. The SMILES string of the molecule is CCCNC(=O)[C@H](Cc1ccccc1)N(Cc1cccc(Br)c1)C(=O)CN(c1cccc(C)c1)S(C)(=O)=O. The smallest absolute Gasteiger partial charge is 0.244 e. The largest absolute Gasteiger partial charge is 0.354 e. The summed E-state index contributed by atoms with van der Waals surface area (Å²) in [4.78, 5) is 28.9. The van der Waals surface area contributed by atoms with Gasteiger partial charge in [-0.3, -0.25) is 13.9 Å². The number of sulfonamides is 1. The van der Waals surface area contributed by atoms with Crippen LogP contribution in [0, 0.1) is 6.92 Å². The van der Waals surface area contributed by atoms with E-state index in [1.807, 2.05) is 74.5 Å². The highest BCUT2D eigenvalue weighted by Crippen LogP contribution is 2.22. The molecule has 1 atom stereocenters. The number of carbonyl (C=O) groups is 2. The summed E-state index contributed by atoms with van der Waals surface area (Å²) in [5, 5.41) is 2.93. The van der Waals surface area contributed by atoms with E-state index < -0.39 is 28.5 Å². The van der Waals surface area contributed by atoms with Gasteiger partial charge >= 0.3 is 0 Å². The zero-order valence-corrected chi connectivity index (χ0v) is 24.3. The number of nitrogens with one attached hydrogen (secondary N) is 1. The third kappa shape index (κ3) is 8.43. The average molecular weight is 601 g/mol. The zero-order chi connectivity index (χ0) is 27.7. The van der Waals surface area contributed by atoms with Crippen LogP contribution < -0.4 is 9.62 Å². The minimum Gasteiger partial charge on any atom is -0.354 e. The second-order valence-corrected chi connectivity index (χ2v) is 12.1. The topological polar surface area (TPSA) is 86.8 Å². The van der Waals surface area contributed by atoms with Crippen LogP contribution in [0.1, 0.15) is 30.0 Å². The Balaban J connectivity index is 2.04. The molecule has 0 fully saturated rings. The Kier molecular flexibility index (Phi) is 10.5. The molecule has 202 valence electrons. The van der Waals surface area contributed by atoms with Crippen molar-refractivity contribution in [1.82, 2.24) is 10.2 Å². The van der Waals surface area contributed by atoms with Crippen molar-refractivity contribution in [2.75, 3.05) is 23.7 Å². The number of anilines is 1. The summed E-state index contributed by atoms with van der Waals surface area (Å²) in [6.45, 7) is 4.01. The molecule has 38 heavy (non-hydrogen) atoms. The number of benzene rings is 3. The monoisotopic (exact) mass is 599 g/mol. The molecule has 0 bridgehead atoms. The van der Waals surface area contributed by atoms with E-state index in [2.05, 4.69) is 21.2 Å². The molecule has 3 aromatic rings. The van der Waals surface area contributed by atoms with Gasteiger partial charge in [0.1, 0.15) is 12.6 Å². The van der Waals surface area contributed by atoms with Crippen molar-refractivity contribution in [2.24, 2.45) is 0 Å². The summed E-state index contributed by atoms with van der Waals surface area (Å²) < 4.78 is 27.6. The molecule has 0 heterocycles. The highest BCUT2D eigenvalue weighted by molar-refractivity contribution is 9.10. The van der Waals surface area contributed by atoms with Crippen molar-refractivity contribution in [3.8, 4) is 0 Å². The van der Waals surface area contributed by atoms with Crippen LogP contribution >= 0.6 is 15.9 Å². The third-order valence-corrected chi connectivity index (χ3v) is 7.66. The first-order valence-corrected chi connectivity index (χ1v) is 15.1. The molecule has 3 rings (SSSR count). The van der Waals surface area contributed by atoms with E-state index in [0.29, 0.717) is 18.7 Å². The Morgan fingerprint density at radius 2 is 1.63 bits per heavy atom. The Hall–Kier alpha value is -3.17. The van der Waals surface area contributed by atoms with Gasteiger partial charge in [0.25, 0.3) is 0 Å². The van der Waals surface area contributed by atoms with Gasteiger partial charge in [-0.15, -0.1) is 0 Å². The van der Waals surface area contributed by atoms with Crippen molar-refractivity contribution in [3.63, 3.8) is 0 Å². The normalized spacial score (nSPS) is 12.0. The fourth-order valence-corrected chi connectivity index (χ4v) is 5.44.